The summed E-state index contributed by atoms with van der Waals surface area (Å²) in [5, 5.41) is 20.9. The maximum Gasteiger partial charge on any atom is 0.414 e. The van der Waals surface area contributed by atoms with Gasteiger partial charge in [-0.25, -0.2) is 9.59 Å². The molecule has 34 heavy (non-hydrogen) atoms. The SMILES string of the molecule is Cc1c(CN2C(=O)C(C(=O)O)CN(c3ccc(N4CCOC4=O)cc3)C2=O)cccc1[N+](=O)[O-]. The van der Waals surface area contributed by atoms with Crippen LogP contribution in [0, 0.1) is 23.0 Å². The number of cyclic esters (lactones) is 1. The number of ether oxygens (including phenoxy) is 1. The minimum atomic E-state index is -1.51. The molecule has 0 radical (unpaired) electrons. The van der Waals surface area contributed by atoms with Crippen molar-refractivity contribution in [1.29, 1.82) is 0 Å². The van der Waals surface area contributed by atoms with Crippen molar-refractivity contribution in [3.8, 4) is 0 Å². The topological polar surface area (TPSA) is 151 Å². The van der Waals surface area contributed by atoms with Crippen LogP contribution >= 0.6 is 0 Å². The summed E-state index contributed by atoms with van der Waals surface area (Å²) in [6.45, 7) is 1.46. The average molecular weight is 468 g/mol. The summed E-state index contributed by atoms with van der Waals surface area (Å²) in [5.74, 6) is -3.79. The molecule has 1 N–H and O–H groups in total. The van der Waals surface area contributed by atoms with Crippen molar-refractivity contribution in [3.05, 3.63) is 63.7 Å². The number of amides is 4. The first-order chi connectivity index (χ1) is 16.2. The lowest BCUT2D eigenvalue weighted by Crippen LogP contribution is -2.58. The van der Waals surface area contributed by atoms with Gasteiger partial charge in [-0.05, 0) is 36.8 Å². The zero-order chi connectivity index (χ0) is 24.6. The minimum Gasteiger partial charge on any atom is -0.481 e. The van der Waals surface area contributed by atoms with Crippen LogP contribution in [0.5, 0.6) is 0 Å². The summed E-state index contributed by atoms with van der Waals surface area (Å²) in [7, 11) is 0. The Morgan fingerprint density at radius 1 is 1.12 bits per heavy atom. The average Bonchev–Trinajstić information content (AvgIpc) is 3.23. The summed E-state index contributed by atoms with van der Waals surface area (Å²) in [5.41, 5.74) is 1.34. The molecule has 2 aliphatic rings. The number of rotatable bonds is 6. The van der Waals surface area contributed by atoms with Crippen LogP contribution in [0.1, 0.15) is 11.1 Å². The predicted octanol–water partition coefficient (Wildman–Crippen LogP) is 2.53. The normalized spacial score (nSPS) is 18.3. The highest BCUT2D eigenvalue weighted by molar-refractivity contribution is 6.12. The van der Waals surface area contributed by atoms with Crippen molar-refractivity contribution in [2.75, 3.05) is 29.5 Å². The van der Waals surface area contributed by atoms with Gasteiger partial charge in [0.25, 0.3) is 5.69 Å². The summed E-state index contributed by atoms with van der Waals surface area (Å²) < 4.78 is 4.91. The number of carbonyl (C=O) groups excluding carboxylic acids is 3. The Bertz CT molecular complexity index is 1200. The van der Waals surface area contributed by atoms with E-state index in [1.54, 1.807) is 30.3 Å². The molecule has 2 aliphatic heterocycles. The Hall–Kier alpha value is -4.48. The highest BCUT2D eigenvalue weighted by Crippen LogP contribution is 2.29. The molecular formula is C22H20N4O8. The molecule has 4 rings (SSSR count). The van der Waals surface area contributed by atoms with Gasteiger partial charge >= 0.3 is 18.1 Å². The number of carboxylic acids is 1. The molecule has 2 heterocycles. The van der Waals surface area contributed by atoms with Crippen molar-refractivity contribution in [2.24, 2.45) is 5.92 Å². The maximum atomic E-state index is 13.3. The first-order valence-electron chi connectivity index (χ1n) is 10.3. The van der Waals surface area contributed by atoms with Gasteiger partial charge in [-0.15, -0.1) is 0 Å². The highest BCUT2D eigenvalue weighted by Gasteiger charge is 2.43. The van der Waals surface area contributed by atoms with Crippen LogP contribution in [0.25, 0.3) is 0 Å². The van der Waals surface area contributed by atoms with Gasteiger partial charge in [-0.3, -0.25) is 34.4 Å². The number of carboxylic acid groups (broad SMARTS) is 1. The lowest BCUT2D eigenvalue weighted by molar-refractivity contribution is -0.385. The second-order valence-electron chi connectivity index (χ2n) is 7.81. The number of benzene rings is 2. The molecule has 12 heteroatoms. The molecule has 0 aromatic heterocycles. The third-order valence-corrected chi connectivity index (χ3v) is 5.87. The first kappa shape index (κ1) is 22.7. The van der Waals surface area contributed by atoms with Gasteiger partial charge in [0.2, 0.25) is 5.91 Å². The second kappa shape index (κ2) is 8.81. The third kappa shape index (κ3) is 4.00. The largest absolute Gasteiger partial charge is 0.481 e. The van der Waals surface area contributed by atoms with Gasteiger partial charge in [-0.2, -0.15) is 0 Å². The molecule has 0 saturated carbocycles. The van der Waals surface area contributed by atoms with E-state index in [9.17, 15) is 34.4 Å². The van der Waals surface area contributed by atoms with Gasteiger partial charge in [0.1, 0.15) is 6.61 Å². The summed E-state index contributed by atoms with van der Waals surface area (Å²) in [6, 6.07) is 9.82. The summed E-state index contributed by atoms with van der Waals surface area (Å²) in [4.78, 5) is 63.7. The Kier molecular flexibility index (Phi) is 5.88. The third-order valence-electron chi connectivity index (χ3n) is 5.87. The molecule has 1 atom stereocenters. The van der Waals surface area contributed by atoms with Crippen molar-refractivity contribution in [2.45, 2.75) is 13.5 Å². The molecule has 176 valence electrons. The quantitative estimate of drug-likeness (QED) is 0.386. The van der Waals surface area contributed by atoms with Gasteiger partial charge in [0, 0.05) is 29.5 Å². The molecule has 2 saturated heterocycles. The Morgan fingerprint density at radius 3 is 2.32 bits per heavy atom. The minimum absolute atomic E-state index is 0.169. The number of nitrogens with zero attached hydrogens (tertiary/aromatic N) is 4. The monoisotopic (exact) mass is 468 g/mol. The number of hydrogen-bond donors (Lipinski definition) is 1. The van der Waals surface area contributed by atoms with Crippen LogP contribution in [0.2, 0.25) is 0 Å². The van der Waals surface area contributed by atoms with Crippen LogP contribution in [0.3, 0.4) is 0 Å². The number of nitro groups is 1. The van der Waals surface area contributed by atoms with Gasteiger partial charge in [-0.1, -0.05) is 12.1 Å². The number of urea groups is 1. The Morgan fingerprint density at radius 2 is 1.76 bits per heavy atom. The fraction of sp³-hybridized carbons (Fsp3) is 0.273. The van der Waals surface area contributed by atoms with Crippen LogP contribution in [-0.2, 0) is 20.9 Å². The van der Waals surface area contributed by atoms with Crippen LogP contribution < -0.4 is 9.80 Å². The van der Waals surface area contributed by atoms with E-state index < -0.39 is 34.8 Å². The number of aliphatic carboxylic acids is 1. The van der Waals surface area contributed by atoms with E-state index in [-0.39, 0.29) is 30.9 Å². The van der Waals surface area contributed by atoms with E-state index in [2.05, 4.69) is 0 Å². The van der Waals surface area contributed by atoms with Gasteiger partial charge in [0.05, 0.1) is 18.0 Å². The van der Waals surface area contributed by atoms with Crippen LogP contribution in [0.15, 0.2) is 42.5 Å². The molecular weight excluding hydrogens is 448 g/mol. The molecule has 2 aromatic carbocycles. The van der Waals surface area contributed by atoms with E-state index >= 15 is 0 Å². The smallest absolute Gasteiger partial charge is 0.414 e. The van der Waals surface area contributed by atoms with E-state index in [1.165, 1.54) is 28.9 Å². The summed E-state index contributed by atoms with van der Waals surface area (Å²) >= 11 is 0. The molecule has 12 nitrogen and oxygen atoms in total. The molecule has 0 spiro atoms. The first-order valence-corrected chi connectivity index (χ1v) is 10.3. The zero-order valence-corrected chi connectivity index (χ0v) is 18.0. The molecule has 2 fully saturated rings. The Balaban J connectivity index is 1.65. The predicted molar refractivity (Wildman–Crippen MR) is 117 cm³/mol. The van der Waals surface area contributed by atoms with E-state index in [0.29, 0.717) is 23.5 Å². The molecule has 0 aliphatic carbocycles. The van der Waals surface area contributed by atoms with Crippen LogP contribution in [-0.4, -0.2) is 58.6 Å². The van der Waals surface area contributed by atoms with Gasteiger partial charge < -0.3 is 9.84 Å². The van der Waals surface area contributed by atoms with Crippen molar-refractivity contribution in [1.82, 2.24) is 4.90 Å². The number of carbonyl (C=O) groups is 4. The maximum absolute atomic E-state index is 13.3. The number of anilines is 2. The van der Waals surface area contributed by atoms with E-state index in [4.69, 9.17) is 4.74 Å². The van der Waals surface area contributed by atoms with Crippen molar-refractivity contribution < 1.29 is 33.9 Å². The van der Waals surface area contributed by atoms with E-state index in [1.807, 2.05) is 0 Å². The molecule has 2 aromatic rings. The Labute approximate surface area is 193 Å². The molecule has 4 amide bonds. The fourth-order valence-corrected chi connectivity index (χ4v) is 3.96. The van der Waals surface area contributed by atoms with Crippen LogP contribution in [0.4, 0.5) is 26.7 Å². The number of hydrogen-bond acceptors (Lipinski definition) is 7. The standard InChI is InChI=1S/C22H20N4O8/c1-13-14(3-2-4-18(13)26(32)33)11-25-19(27)17(20(28)29)12-24(21(25)30)16-7-5-15(6-8-16)23-9-10-34-22(23)31/h2-8,17H,9-12H2,1H3,(H,28,29). The fourth-order valence-electron chi connectivity index (χ4n) is 3.96. The van der Waals surface area contributed by atoms with E-state index in [0.717, 1.165) is 4.90 Å². The summed E-state index contributed by atoms with van der Waals surface area (Å²) in [6.07, 6.45) is -0.489. The lowest BCUT2D eigenvalue weighted by atomic mass is 10.0. The van der Waals surface area contributed by atoms with Crippen molar-refractivity contribution >= 4 is 41.1 Å². The second-order valence-corrected chi connectivity index (χ2v) is 7.81. The molecule has 0 bridgehead atoms. The van der Waals surface area contributed by atoms with Crippen molar-refractivity contribution in [3.63, 3.8) is 0 Å². The zero-order valence-electron chi connectivity index (χ0n) is 18.0. The molecule has 1 unspecified atom stereocenters. The highest BCUT2D eigenvalue weighted by atomic mass is 16.6. The number of imide groups is 1. The lowest BCUT2D eigenvalue weighted by Gasteiger charge is -2.37. The van der Waals surface area contributed by atoms with Gasteiger partial charge in [0.15, 0.2) is 5.92 Å². The number of nitro benzene ring substituents is 1.